The van der Waals surface area contributed by atoms with Gasteiger partial charge in [-0.2, -0.15) is 5.26 Å². The second-order valence-corrected chi connectivity index (χ2v) is 7.93. The van der Waals surface area contributed by atoms with Gasteiger partial charge in [-0.3, -0.25) is 0 Å². The molecule has 3 N–H and O–H groups in total. The third-order valence-corrected chi connectivity index (χ3v) is 5.52. The molecule has 0 radical (unpaired) electrons. The lowest BCUT2D eigenvalue weighted by Gasteiger charge is -2.42. The number of aryl methyl sites for hydroxylation is 2. The lowest BCUT2D eigenvalue weighted by Crippen LogP contribution is -2.54. The maximum Gasteiger partial charge on any atom is 0.319 e. The number of rotatable bonds is 2. The van der Waals surface area contributed by atoms with Gasteiger partial charge in [0.15, 0.2) is 0 Å². The maximum atomic E-state index is 12.7. The molecule has 6 heteroatoms. The van der Waals surface area contributed by atoms with Gasteiger partial charge < -0.3 is 20.5 Å². The van der Waals surface area contributed by atoms with E-state index in [0.717, 1.165) is 24.9 Å². The number of aliphatic hydroxyl groups excluding tert-OH is 1. The van der Waals surface area contributed by atoms with E-state index in [9.17, 15) is 15.2 Å². The van der Waals surface area contributed by atoms with Crippen LogP contribution in [-0.2, 0) is 12.8 Å². The summed E-state index contributed by atoms with van der Waals surface area (Å²) in [6, 6.07) is 12.0. The Bertz CT molecular complexity index is 977. The van der Waals surface area contributed by atoms with Gasteiger partial charge in [0.1, 0.15) is 17.5 Å². The molecule has 1 aliphatic carbocycles. The Kier molecular flexibility index (Phi) is 4.48. The zero-order valence-corrected chi connectivity index (χ0v) is 16.0. The minimum atomic E-state index is -0.972. The molecule has 1 aliphatic heterocycles. The molecule has 0 saturated carbocycles. The zero-order chi connectivity index (χ0) is 19.9. The maximum absolute atomic E-state index is 12.7. The smallest absolute Gasteiger partial charge is 0.319 e. The van der Waals surface area contributed by atoms with Crippen LogP contribution in [0, 0.1) is 11.3 Å². The molecule has 2 atom stereocenters. The average Bonchev–Trinajstić information content (AvgIpc) is 3.13. The number of aliphatic hydroxyl groups is 1. The lowest BCUT2D eigenvalue weighted by atomic mass is 9.86. The van der Waals surface area contributed by atoms with E-state index in [4.69, 9.17) is 4.74 Å². The summed E-state index contributed by atoms with van der Waals surface area (Å²) in [5.74, 6) is 0.553. The fourth-order valence-electron chi connectivity index (χ4n) is 3.98. The number of nitrogens with one attached hydrogen (secondary N) is 2. The van der Waals surface area contributed by atoms with Crippen molar-refractivity contribution in [2.45, 2.75) is 50.9 Å². The molecule has 2 aromatic carbocycles. The van der Waals surface area contributed by atoms with Crippen LogP contribution in [-0.4, -0.2) is 22.8 Å². The predicted molar refractivity (Wildman–Crippen MR) is 105 cm³/mol. The number of hydrogen-bond acceptors (Lipinski definition) is 4. The molecule has 0 spiro atoms. The summed E-state index contributed by atoms with van der Waals surface area (Å²) in [4.78, 5) is 12.7. The number of amides is 2. The Morgan fingerprint density at radius 2 is 2.00 bits per heavy atom. The highest BCUT2D eigenvalue weighted by molar-refractivity contribution is 5.90. The topological polar surface area (TPSA) is 94.4 Å². The quantitative estimate of drug-likeness (QED) is 0.747. The van der Waals surface area contributed by atoms with Gasteiger partial charge in [-0.15, -0.1) is 0 Å². The van der Waals surface area contributed by atoms with Crippen molar-refractivity contribution in [2.24, 2.45) is 0 Å². The van der Waals surface area contributed by atoms with Crippen molar-refractivity contribution in [3.63, 3.8) is 0 Å². The van der Waals surface area contributed by atoms with E-state index >= 15 is 0 Å². The number of benzene rings is 2. The molecule has 2 aromatic rings. The van der Waals surface area contributed by atoms with Crippen molar-refractivity contribution >= 4 is 11.7 Å². The first kappa shape index (κ1) is 18.3. The molecule has 1 heterocycles. The molecule has 0 saturated heterocycles. The normalized spacial score (nSPS) is 21.6. The van der Waals surface area contributed by atoms with Crippen LogP contribution in [0.2, 0.25) is 0 Å². The number of urea groups is 1. The van der Waals surface area contributed by atoms with E-state index in [-0.39, 0.29) is 0 Å². The number of fused-ring (bicyclic) bond motifs is 2. The number of nitriles is 1. The third-order valence-electron chi connectivity index (χ3n) is 5.52. The molecular weight excluding hydrogens is 354 g/mol. The molecule has 144 valence electrons. The number of anilines is 1. The van der Waals surface area contributed by atoms with Crippen LogP contribution in [0.3, 0.4) is 0 Å². The van der Waals surface area contributed by atoms with E-state index in [1.54, 1.807) is 32.0 Å². The van der Waals surface area contributed by atoms with Crippen LogP contribution < -0.4 is 15.4 Å². The van der Waals surface area contributed by atoms with Gasteiger partial charge in [0, 0.05) is 11.3 Å². The SMILES string of the molecule is CC1(C)Oc2ccc(C#N)cc2[C@@H](NC(=O)Nc2ccc3c(c2)CCC3)[C@@H]1O. The minimum Gasteiger partial charge on any atom is -0.485 e. The van der Waals surface area contributed by atoms with Gasteiger partial charge in [-0.25, -0.2) is 4.79 Å². The van der Waals surface area contributed by atoms with E-state index in [0.29, 0.717) is 16.9 Å². The van der Waals surface area contributed by atoms with Gasteiger partial charge in [0.25, 0.3) is 0 Å². The summed E-state index contributed by atoms with van der Waals surface area (Å²) in [6.45, 7) is 3.54. The zero-order valence-electron chi connectivity index (χ0n) is 16.0. The highest BCUT2D eigenvalue weighted by Gasteiger charge is 2.43. The summed E-state index contributed by atoms with van der Waals surface area (Å²) >= 11 is 0. The molecule has 0 aromatic heterocycles. The van der Waals surface area contributed by atoms with E-state index in [2.05, 4.69) is 22.8 Å². The second kappa shape index (κ2) is 6.84. The summed E-state index contributed by atoms with van der Waals surface area (Å²) in [5, 5.41) is 25.7. The highest BCUT2D eigenvalue weighted by Crippen LogP contribution is 2.40. The first-order valence-corrected chi connectivity index (χ1v) is 9.48. The number of ether oxygens (including phenoxy) is 1. The van der Waals surface area contributed by atoms with Crippen molar-refractivity contribution < 1.29 is 14.6 Å². The van der Waals surface area contributed by atoms with Gasteiger partial charge in [0.2, 0.25) is 0 Å². The molecule has 0 bridgehead atoms. The van der Waals surface area contributed by atoms with Gasteiger partial charge in [-0.1, -0.05) is 6.07 Å². The van der Waals surface area contributed by atoms with Gasteiger partial charge in [0.05, 0.1) is 17.7 Å². The molecular formula is C22H23N3O3. The van der Waals surface area contributed by atoms with E-state index in [1.807, 2.05) is 12.1 Å². The lowest BCUT2D eigenvalue weighted by molar-refractivity contribution is -0.0618. The van der Waals surface area contributed by atoms with E-state index in [1.165, 1.54) is 11.1 Å². The fraction of sp³-hybridized carbons (Fsp3) is 0.364. The summed E-state index contributed by atoms with van der Waals surface area (Å²) in [7, 11) is 0. The number of nitrogens with zero attached hydrogens (tertiary/aromatic N) is 1. The van der Waals surface area contributed by atoms with Crippen molar-refractivity contribution in [3.05, 3.63) is 58.7 Å². The van der Waals surface area contributed by atoms with Crippen LogP contribution in [0.4, 0.5) is 10.5 Å². The van der Waals surface area contributed by atoms with Crippen LogP contribution in [0.25, 0.3) is 0 Å². The van der Waals surface area contributed by atoms with Crippen LogP contribution in [0.15, 0.2) is 36.4 Å². The highest BCUT2D eigenvalue weighted by atomic mass is 16.5. The molecule has 0 unspecified atom stereocenters. The Morgan fingerprint density at radius 3 is 2.79 bits per heavy atom. The molecule has 0 fully saturated rings. The average molecular weight is 377 g/mol. The Hall–Kier alpha value is -3.04. The van der Waals surface area contributed by atoms with Crippen molar-refractivity contribution in [1.29, 1.82) is 5.26 Å². The minimum absolute atomic E-state index is 0.409. The van der Waals surface area contributed by atoms with Crippen LogP contribution in [0.1, 0.15) is 48.6 Å². The first-order valence-electron chi connectivity index (χ1n) is 9.48. The largest absolute Gasteiger partial charge is 0.485 e. The molecule has 28 heavy (non-hydrogen) atoms. The van der Waals surface area contributed by atoms with Crippen molar-refractivity contribution in [1.82, 2.24) is 5.32 Å². The summed E-state index contributed by atoms with van der Waals surface area (Å²) in [5.41, 5.74) is 3.49. The standard InChI is InChI=1S/C22H23N3O3/c1-22(2)20(26)19(17-10-13(12-23)6-9-18(17)28-22)25-21(27)24-16-8-7-14-4-3-5-15(14)11-16/h6-11,19-20,26H,3-5H2,1-2H3,(H2,24,25,27)/t19-,20+/m1/s1. The Morgan fingerprint density at radius 1 is 1.21 bits per heavy atom. The van der Waals surface area contributed by atoms with E-state index < -0.39 is 23.8 Å². The van der Waals surface area contributed by atoms with Crippen molar-refractivity contribution in [2.75, 3.05) is 5.32 Å². The summed E-state index contributed by atoms with van der Waals surface area (Å²) in [6.07, 6.45) is 2.29. The first-order chi connectivity index (χ1) is 13.4. The van der Waals surface area contributed by atoms with Crippen LogP contribution >= 0.6 is 0 Å². The molecule has 2 aliphatic rings. The Balaban J connectivity index is 1.57. The fourth-order valence-corrected chi connectivity index (χ4v) is 3.98. The molecule has 2 amide bonds. The Labute approximate surface area is 164 Å². The molecule has 6 nitrogen and oxygen atoms in total. The number of carbonyl (C=O) groups is 1. The number of hydrogen-bond donors (Lipinski definition) is 3. The third kappa shape index (κ3) is 3.30. The van der Waals surface area contributed by atoms with Crippen LogP contribution in [0.5, 0.6) is 5.75 Å². The predicted octanol–water partition coefficient (Wildman–Crippen LogP) is 3.44. The van der Waals surface area contributed by atoms with Gasteiger partial charge in [-0.05, 0) is 74.6 Å². The van der Waals surface area contributed by atoms with Gasteiger partial charge >= 0.3 is 6.03 Å². The van der Waals surface area contributed by atoms with Crippen molar-refractivity contribution in [3.8, 4) is 11.8 Å². The molecule has 4 rings (SSSR count). The number of carbonyl (C=O) groups excluding carboxylic acids is 1. The second-order valence-electron chi connectivity index (χ2n) is 7.93. The summed E-state index contributed by atoms with van der Waals surface area (Å²) < 4.78 is 5.88. The monoisotopic (exact) mass is 377 g/mol.